The predicted molar refractivity (Wildman–Crippen MR) is 137 cm³/mol. The summed E-state index contributed by atoms with van der Waals surface area (Å²) in [5.74, 6) is 0. The van der Waals surface area contributed by atoms with Gasteiger partial charge in [-0.05, 0) is 56.5 Å². The Balaban J connectivity index is 2.39. The molecule has 0 fully saturated rings. The monoisotopic (exact) mass is 440 g/mol. The summed E-state index contributed by atoms with van der Waals surface area (Å²) in [6.45, 7) is 28.7. The van der Waals surface area contributed by atoms with Crippen LogP contribution >= 0.6 is 0 Å². The molecule has 4 heteroatoms. The van der Waals surface area contributed by atoms with Gasteiger partial charge in [0.05, 0.1) is 17.6 Å². The van der Waals surface area contributed by atoms with Gasteiger partial charge in [0, 0.05) is 16.8 Å². The largest absolute Gasteiger partial charge is 0.233 e. The average molecular weight is 441 g/mol. The molecular weight excluding hydrogens is 396 g/mol. The van der Waals surface area contributed by atoms with Gasteiger partial charge in [-0.2, -0.15) is 0 Å². The third-order valence-electron chi connectivity index (χ3n) is 6.00. The maximum absolute atomic E-state index is 5.06. The van der Waals surface area contributed by atoms with Gasteiger partial charge in [-0.25, -0.2) is 9.97 Å². The third kappa shape index (κ3) is 6.49. The van der Waals surface area contributed by atoms with Gasteiger partial charge in [-0.3, -0.25) is 0 Å². The third-order valence-corrected chi connectivity index (χ3v) is 14.7. The Labute approximate surface area is 189 Å². The van der Waals surface area contributed by atoms with E-state index in [1.54, 1.807) is 0 Å². The van der Waals surface area contributed by atoms with Crippen LogP contribution in [0.3, 0.4) is 0 Å². The second-order valence-electron chi connectivity index (χ2n) is 13.0. The maximum Gasteiger partial charge on any atom is 0.159 e. The molecule has 2 aromatic rings. The van der Waals surface area contributed by atoms with Gasteiger partial charge in [0.2, 0.25) is 0 Å². The number of aromatic nitrogens is 2. The summed E-state index contributed by atoms with van der Waals surface area (Å²) in [4.78, 5) is 10.1. The fraction of sp³-hybridized carbons (Fsp3) is 0.692. The lowest BCUT2D eigenvalue weighted by Crippen LogP contribution is -2.38. The van der Waals surface area contributed by atoms with Crippen molar-refractivity contribution >= 4 is 28.6 Å². The minimum absolute atomic E-state index is 0.339. The molecule has 0 atom stereocenters. The van der Waals surface area contributed by atoms with Gasteiger partial charge < -0.3 is 0 Å². The number of rotatable bonds is 4. The van der Waals surface area contributed by atoms with E-state index < -0.39 is 17.6 Å². The van der Waals surface area contributed by atoms with Gasteiger partial charge in [0.15, 0.2) is 5.65 Å². The van der Waals surface area contributed by atoms with E-state index in [2.05, 4.69) is 107 Å². The van der Waals surface area contributed by atoms with Crippen LogP contribution in [0.2, 0.25) is 20.2 Å². The van der Waals surface area contributed by atoms with E-state index in [0.29, 0.717) is 20.2 Å². The molecule has 0 aliphatic rings. The molecule has 0 saturated carbocycles. The van der Waals surface area contributed by atoms with Crippen molar-refractivity contribution in [3.05, 3.63) is 35.7 Å². The number of hydrogen-bond donors (Lipinski definition) is 0. The molecule has 0 unspecified atom stereocenters. The second kappa shape index (κ2) is 8.50. The lowest BCUT2D eigenvalue weighted by atomic mass is 10.2. The number of pyridine rings is 2. The first-order valence-electron chi connectivity index (χ1n) is 11.4. The quantitative estimate of drug-likeness (QED) is 0.450. The van der Waals surface area contributed by atoms with Crippen molar-refractivity contribution in [1.82, 2.24) is 9.97 Å². The van der Waals surface area contributed by atoms with Crippen molar-refractivity contribution in [3.63, 3.8) is 0 Å². The van der Waals surface area contributed by atoms with E-state index in [0.717, 1.165) is 23.1 Å². The molecule has 2 aromatic heterocycles. The molecule has 0 aliphatic heterocycles. The van der Waals surface area contributed by atoms with Crippen molar-refractivity contribution in [2.75, 3.05) is 0 Å². The molecule has 0 aliphatic carbocycles. The van der Waals surface area contributed by atoms with Crippen LogP contribution in [-0.4, -0.2) is 27.6 Å². The molecule has 166 valence electrons. The molecule has 2 radical (unpaired) electrons. The van der Waals surface area contributed by atoms with Crippen molar-refractivity contribution in [1.29, 1.82) is 0 Å². The van der Waals surface area contributed by atoms with E-state index in [1.807, 2.05) is 0 Å². The minimum Gasteiger partial charge on any atom is -0.233 e. The van der Waals surface area contributed by atoms with Gasteiger partial charge in [0.1, 0.15) is 0 Å². The fourth-order valence-corrected chi connectivity index (χ4v) is 12.7. The molecular formula is C26H44N2Si2. The van der Waals surface area contributed by atoms with Crippen LogP contribution < -0.4 is 0 Å². The summed E-state index contributed by atoms with van der Waals surface area (Å²) in [5, 5.41) is 2.51. The Hall–Kier alpha value is -1.01. The first-order chi connectivity index (χ1) is 13.4. The van der Waals surface area contributed by atoms with Gasteiger partial charge in [-0.15, -0.1) is 0 Å². The van der Waals surface area contributed by atoms with E-state index in [9.17, 15) is 0 Å². The molecule has 0 bridgehead atoms. The summed E-state index contributed by atoms with van der Waals surface area (Å²) < 4.78 is 0. The van der Waals surface area contributed by atoms with Crippen LogP contribution in [-0.2, 0) is 12.1 Å². The number of hydrogen-bond acceptors (Lipinski definition) is 2. The highest BCUT2D eigenvalue weighted by Gasteiger charge is 2.38. The Morgan fingerprint density at radius 1 is 0.533 bits per heavy atom. The minimum atomic E-state index is -0.648. The van der Waals surface area contributed by atoms with E-state index >= 15 is 0 Å². The summed E-state index contributed by atoms with van der Waals surface area (Å²) in [6, 6.07) is 11.1. The molecule has 0 saturated heterocycles. The first kappa shape index (κ1) is 25.3. The van der Waals surface area contributed by atoms with E-state index in [4.69, 9.17) is 9.97 Å². The first-order valence-corrected chi connectivity index (χ1v) is 14.8. The molecule has 30 heavy (non-hydrogen) atoms. The van der Waals surface area contributed by atoms with Crippen molar-refractivity contribution in [2.45, 2.75) is 115 Å². The van der Waals surface area contributed by atoms with Crippen LogP contribution in [0.1, 0.15) is 94.5 Å². The zero-order valence-corrected chi connectivity index (χ0v) is 23.6. The summed E-state index contributed by atoms with van der Waals surface area (Å²) in [5.41, 5.74) is 3.35. The highest BCUT2D eigenvalue weighted by molar-refractivity contribution is 6.65. The maximum atomic E-state index is 5.06. The lowest BCUT2D eigenvalue weighted by molar-refractivity contribution is 0.635. The standard InChI is InChI=1S/C26H44N2Si2/c1-23(2,3)29(24(4,5)6)17-20-15-13-19-14-16-21(28-22(19)27-20)18-30(25(7,8)9)26(10,11)12/h13-16H,17-18H2,1-12H3. The SMILES string of the molecule is CC(C)(C)[Si](Cc1ccc2ccc(C[Si](C(C)(C)C)C(C)(C)C)nc2n1)C(C)(C)C. The number of fused-ring (bicyclic) bond motifs is 1. The molecule has 0 aromatic carbocycles. The van der Waals surface area contributed by atoms with Gasteiger partial charge >= 0.3 is 0 Å². The summed E-state index contributed by atoms with van der Waals surface area (Å²) in [6.07, 6.45) is 0. The lowest BCUT2D eigenvalue weighted by Gasteiger charge is -2.39. The van der Waals surface area contributed by atoms with Crippen molar-refractivity contribution in [3.8, 4) is 0 Å². The van der Waals surface area contributed by atoms with Crippen LogP contribution in [0.5, 0.6) is 0 Å². The average Bonchev–Trinajstić information content (AvgIpc) is 2.53. The molecule has 2 nitrogen and oxygen atoms in total. The molecule has 2 heterocycles. The Bertz CT molecular complexity index is 765. The van der Waals surface area contributed by atoms with Crippen LogP contribution in [0.25, 0.3) is 11.0 Å². The smallest absolute Gasteiger partial charge is 0.159 e. The summed E-state index contributed by atoms with van der Waals surface area (Å²) >= 11 is 0. The number of nitrogens with zero attached hydrogens (tertiary/aromatic N) is 2. The Morgan fingerprint density at radius 3 is 1.10 bits per heavy atom. The van der Waals surface area contributed by atoms with Crippen molar-refractivity contribution < 1.29 is 0 Å². The Kier molecular flexibility index (Phi) is 7.15. The zero-order valence-electron chi connectivity index (χ0n) is 21.6. The fourth-order valence-electron chi connectivity index (χ4n) is 4.95. The van der Waals surface area contributed by atoms with Gasteiger partial charge in [0.25, 0.3) is 0 Å². The summed E-state index contributed by atoms with van der Waals surface area (Å²) in [7, 11) is -1.30. The van der Waals surface area contributed by atoms with Crippen molar-refractivity contribution in [2.24, 2.45) is 0 Å². The van der Waals surface area contributed by atoms with Crippen LogP contribution in [0.15, 0.2) is 24.3 Å². The highest BCUT2D eigenvalue weighted by Crippen LogP contribution is 2.44. The second-order valence-corrected chi connectivity index (χ2v) is 21.6. The van der Waals surface area contributed by atoms with Crippen LogP contribution in [0, 0.1) is 0 Å². The van der Waals surface area contributed by atoms with Crippen LogP contribution in [0.4, 0.5) is 0 Å². The molecule has 0 N–H and O–H groups in total. The van der Waals surface area contributed by atoms with E-state index in [-0.39, 0.29) is 0 Å². The predicted octanol–water partition coefficient (Wildman–Crippen LogP) is 7.98. The van der Waals surface area contributed by atoms with Gasteiger partial charge in [-0.1, -0.05) is 83.1 Å². The Morgan fingerprint density at radius 2 is 0.833 bits per heavy atom. The normalized spacial score (nSPS) is 14.2. The molecule has 0 amide bonds. The van der Waals surface area contributed by atoms with E-state index in [1.165, 1.54) is 11.4 Å². The molecule has 2 rings (SSSR count). The zero-order chi connectivity index (χ0) is 23.1. The topological polar surface area (TPSA) is 25.8 Å². The molecule has 0 spiro atoms. The highest BCUT2D eigenvalue weighted by atomic mass is 28.3.